The molecule has 1 heterocycles. The van der Waals surface area contributed by atoms with Crippen LogP contribution in [0.2, 0.25) is 0 Å². The molecule has 1 saturated heterocycles. The van der Waals surface area contributed by atoms with Crippen molar-refractivity contribution in [3.05, 3.63) is 71.8 Å². The molecular weight excluding hydrogens is 258 g/mol. The van der Waals surface area contributed by atoms with Crippen molar-refractivity contribution in [1.82, 2.24) is 4.90 Å². The van der Waals surface area contributed by atoms with Crippen LogP contribution in [0.15, 0.2) is 60.7 Å². The van der Waals surface area contributed by atoms with Gasteiger partial charge in [-0.15, -0.1) is 0 Å². The lowest BCUT2D eigenvalue weighted by Gasteiger charge is -2.42. The van der Waals surface area contributed by atoms with E-state index < -0.39 is 5.60 Å². The maximum atomic E-state index is 11.7. The van der Waals surface area contributed by atoms with E-state index in [2.05, 4.69) is 11.9 Å². The van der Waals surface area contributed by atoms with Gasteiger partial charge in [-0.1, -0.05) is 60.7 Å². The summed E-state index contributed by atoms with van der Waals surface area (Å²) in [6, 6.07) is 20.2. The van der Waals surface area contributed by atoms with Crippen LogP contribution in [-0.4, -0.2) is 30.1 Å². The molecule has 2 nitrogen and oxygen atoms in total. The Kier molecular flexibility index (Phi) is 4.09. The van der Waals surface area contributed by atoms with Gasteiger partial charge in [0.15, 0.2) is 0 Å². The molecule has 3 rings (SSSR count). The molecule has 0 saturated carbocycles. The Bertz CT molecular complexity index is 527. The van der Waals surface area contributed by atoms with Crippen molar-refractivity contribution < 1.29 is 5.11 Å². The van der Waals surface area contributed by atoms with Crippen molar-refractivity contribution in [2.45, 2.75) is 18.4 Å². The summed E-state index contributed by atoms with van der Waals surface area (Å²) in [5, 5.41) is 11.7. The molecule has 2 aromatic rings. The van der Waals surface area contributed by atoms with Gasteiger partial charge < -0.3 is 10.0 Å². The third kappa shape index (κ3) is 2.74. The second-order valence-corrected chi connectivity index (χ2v) is 6.10. The molecule has 2 heteroatoms. The third-order valence-electron chi connectivity index (χ3n) is 4.64. The maximum absolute atomic E-state index is 11.7. The summed E-state index contributed by atoms with van der Waals surface area (Å²) < 4.78 is 0. The summed E-state index contributed by atoms with van der Waals surface area (Å²) in [7, 11) is 2.14. The van der Waals surface area contributed by atoms with Gasteiger partial charge in [-0.25, -0.2) is 0 Å². The third-order valence-corrected chi connectivity index (χ3v) is 4.64. The van der Waals surface area contributed by atoms with Crippen molar-refractivity contribution >= 4 is 0 Å². The van der Waals surface area contributed by atoms with Crippen LogP contribution in [0.1, 0.15) is 24.0 Å². The summed E-state index contributed by atoms with van der Waals surface area (Å²) in [6.07, 6.45) is 2.20. The van der Waals surface area contributed by atoms with E-state index in [-0.39, 0.29) is 5.92 Å². The number of aliphatic hydroxyl groups is 1. The van der Waals surface area contributed by atoms with Crippen molar-refractivity contribution in [2.24, 2.45) is 5.92 Å². The highest BCUT2D eigenvalue weighted by Crippen LogP contribution is 2.40. The number of hydrogen-bond acceptors (Lipinski definition) is 2. The van der Waals surface area contributed by atoms with Crippen LogP contribution in [-0.2, 0) is 5.60 Å². The van der Waals surface area contributed by atoms with Gasteiger partial charge in [0.2, 0.25) is 0 Å². The quantitative estimate of drug-likeness (QED) is 0.933. The highest BCUT2D eigenvalue weighted by atomic mass is 16.3. The Balaban J connectivity index is 2.07. The number of nitrogens with zero attached hydrogens (tertiary/aromatic N) is 1. The maximum Gasteiger partial charge on any atom is 0.119 e. The van der Waals surface area contributed by atoms with E-state index in [1.54, 1.807) is 0 Å². The number of hydrogen-bond donors (Lipinski definition) is 1. The first kappa shape index (κ1) is 14.3. The fourth-order valence-electron chi connectivity index (χ4n) is 3.53. The average Bonchev–Trinajstić information content (AvgIpc) is 2.56. The smallest absolute Gasteiger partial charge is 0.119 e. The van der Waals surface area contributed by atoms with E-state index in [0.29, 0.717) is 0 Å². The van der Waals surface area contributed by atoms with Crippen LogP contribution in [0, 0.1) is 5.92 Å². The van der Waals surface area contributed by atoms with Crippen molar-refractivity contribution in [2.75, 3.05) is 20.1 Å². The standard InChI is InChI=1S/C19H23NO/c1-20-14-8-13-18(15-20)19(21,16-9-4-2-5-10-16)17-11-6-3-7-12-17/h2-7,9-12,18,21H,8,13-15H2,1H3/t18-/m1/s1. The van der Waals surface area contributed by atoms with E-state index in [1.807, 2.05) is 60.7 Å². The Morgan fingerprint density at radius 1 is 0.952 bits per heavy atom. The molecule has 0 unspecified atom stereocenters. The Hall–Kier alpha value is -1.64. The Morgan fingerprint density at radius 2 is 1.48 bits per heavy atom. The lowest BCUT2D eigenvalue weighted by atomic mass is 9.73. The van der Waals surface area contributed by atoms with Gasteiger partial charge in [-0.3, -0.25) is 0 Å². The van der Waals surface area contributed by atoms with E-state index >= 15 is 0 Å². The van der Waals surface area contributed by atoms with Crippen LogP contribution in [0.3, 0.4) is 0 Å². The van der Waals surface area contributed by atoms with Crippen LogP contribution in [0.4, 0.5) is 0 Å². The molecule has 0 aliphatic carbocycles. The fourth-order valence-corrected chi connectivity index (χ4v) is 3.53. The lowest BCUT2D eigenvalue weighted by Crippen LogP contribution is -2.45. The molecular formula is C19H23NO. The zero-order valence-electron chi connectivity index (χ0n) is 12.6. The molecule has 110 valence electrons. The summed E-state index contributed by atoms with van der Waals surface area (Å²) >= 11 is 0. The molecule has 2 aromatic carbocycles. The monoisotopic (exact) mass is 281 g/mol. The van der Waals surface area contributed by atoms with E-state index in [9.17, 15) is 5.11 Å². The first-order chi connectivity index (χ1) is 10.2. The fraction of sp³-hybridized carbons (Fsp3) is 0.368. The summed E-state index contributed by atoms with van der Waals surface area (Å²) in [4.78, 5) is 2.32. The second kappa shape index (κ2) is 6.00. The molecule has 0 amide bonds. The highest BCUT2D eigenvalue weighted by molar-refractivity contribution is 5.37. The van der Waals surface area contributed by atoms with E-state index in [0.717, 1.165) is 37.1 Å². The first-order valence-corrected chi connectivity index (χ1v) is 7.73. The molecule has 0 radical (unpaired) electrons. The minimum Gasteiger partial charge on any atom is -0.380 e. The number of rotatable bonds is 3. The zero-order chi connectivity index (χ0) is 14.7. The second-order valence-electron chi connectivity index (χ2n) is 6.10. The predicted molar refractivity (Wildman–Crippen MR) is 86.1 cm³/mol. The molecule has 1 N–H and O–H groups in total. The zero-order valence-corrected chi connectivity index (χ0v) is 12.6. The van der Waals surface area contributed by atoms with Crippen LogP contribution in [0.5, 0.6) is 0 Å². The largest absolute Gasteiger partial charge is 0.380 e. The van der Waals surface area contributed by atoms with Crippen LogP contribution >= 0.6 is 0 Å². The Labute approximate surface area is 127 Å². The molecule has 0 spiro atoms. The van der Waals surface area contributed by atoms with Gasteiger partial charge >= 0.3 is 0 Å². The lowest BCUT2D eigenvalue weighted by molar-refractivity contribution is -0.0151. The molecule has 1 aliphatic rings. The SMILES string of the molecule is CN1CCC[C@@H](C(O)(c2ccccc2)c2ccccc2)C1. The summed E-state index contributed by atoms with van der Waals surface area (Å²) in [6.45, 7) is 2.05. The van der Waals surface area contributed by atoms with Gasteiger partial charge in [-0.05, 0) is 37.6 Å². The van der Waals surface area contributed by atoms with Crippen LogP contribution < -0.4 is 0 Å². The van der Waals surface area contributed by atoms with Gasteiger partial charge in [0.05, 0.1) is 0 Å². The number of likely N-dealkylation sites (tertiary alicyclic amines) is 1. The van der Waals surface area contributed by atoms with Crippen molar-refractivity contribution in [3.63, 3.8) is 0 Å². The van der Waals surface area contributed by atoms with E-state index in [1.165, 1.54) is 0 Å². The molecule has 1 atom stereocenters. The molecule has 0 aromatic heterocycles. The van der Waals surface area contributed by atoms with Gasteiger partial charge in [0.1, 0.15) is 5.60 Å². The molecule has 0 bridgehead atoms. The molecule has 21 heavy (non-hydrogen) atoms. The van der Waals surface area contributed by atoms with Crippen molar-refractivity contribution in [3.8, 4) is 0 Å². The van der Waals surface area contributed by atoms with Gasteiger partial charge in [0.25, 0.3) is 0 Å². The van der Waals surface area contributed by atoms with E-state index in [4.69, 9.17) is 0 Å². The number of benzene rings is 2. The first-order valence-electron chi connectivity index (χ1n) is 7.73. The minimum atomic E-state index is -0.906. The summed E-state index contributed by atoms with van der Waals surface area (Å²) in [5.74, 6) is 0.223. The predicted octanol–water partition coefficient (Wildman–Crippen LogP) is 3.26. The topological polar surface area (TPSA) is 23.5 Å². The molecule has 1 fully saturated rings. The highest BCUT2D eigenvalue weighted by Gasteiger charge is 2.41. The minimum absolute atomic E-state index is 0.223. The van der Waals surface area contributed by atoms with Crippen molar-refractivity contribution in [1.29, 1.82) is 0 Å². The number of piperidine rings is 1. The normalized spacial score (nSPS) is 20.4. The van der Waals surface area contributed by atoms with Gasteiger partial charge in [-0.2, -0.15) is 0 Å². The van der Waals surface area contributed by atoms with Crippen LogP contribution in [0.25, 0.3) is 0 Å². The Morgan fingerprint density at radius 3 is 1.95 bits per heavy atom. The molecule has 1 aliphatic heterocycles. The summed E-state index contributed by atoms with van der Waals surface area (Å²) in [5.41, 5.74) is 1.09. The van der Waals surface area contributed by atoms with Gasteiger partial charge in [0, 0.05) is 12.5 Å². The average molecular weight is 281 g/mol.